The van der Waals surface area contributed by atoms with Gasteiger partial charge in [0.25, 0.3) is 0 Å². The second kappa shape index (κ2) is 4.42. The molecule has 0 N–H and O–H groups in total. The van der Waals surface area contributed by atoms with Crippen LogP contribution in [0.4, 0.5) is 17.6 Å². The zero-order valence-corrected chi connectivity index (χ0v) is 7.84. The normalized spacial score (nSPS) is 11.2. The van der Waals surface area contributed by atoms with E-state index in [1.54, 1.807) is 0 Å². The average Bonchev–Trinajstić information content (AvgIpc) is 2.16. The average molecular weight is 234 g/mol. The maximum absolute atomic E-state index is 13.0. The summed E-state index contributed by atoms with van der Waals surface area (Å²) in [7, 11) is 0. The Kier molecular flexibility index (Phi) is 3.41. The van der Waals surface area contributed by atoms with Gasteiger partial charge in [0.2, 0.25) is 5.78 Å². The minimum atomic E-state index is -5.07. The Morgan fingerprint density at radius 3 is 2.19 bits per heavy atom. The van der Waals surface area contributed by atoms with E-state index in [1.807, 2.05) is 0 Å². The van der Waals surface area contributed by atoms with Crippen molar-refractivity contribution in [1.82, 2.24) is 0 Å². The summed E-state index contributed by atoms with van der Waals surface area (Å²) in [4.78, 5) is 21.7. The molecule has 1 aromatic carbocycles. The summed E-state index contributed by atoms with van der Waals surface area (Å²) in [5.41, 5.74) is -0.514. The SMILES string of the molecule is O=C(CC(=O)C(F)(F)F)c1ccccc1F. The summed E-state index contributed by atoms with van der Waals surface area (Å²) in [6.45, 7) is 0. The number of Topliss-reactive ketones (excluding diaryl/α,β-unsaturated/α-hetero) is 2. The number of carbonyl (C=O) groups is 2. The maximum Gasteiger partial charge on any atom is 0.450 e. The molecule has 0 heterocycles. The second-order valence-corrected chi connectivity index (χ2v) is 3.00. The number of benzene rings is 1. The van der Waals surface area contributed by atoms with Gasteiger partial charge in [0.1, 0.15) is 5.82 Å². The molecule has 0 aliphatic rings. The van der Waals surface area contributed by atoms with Crippen LogP contribution >= 0.6 is 0 Å². The fourth-order valence-corrected chi connectivity index (χ4v) is 1.03. The highest BCUT2D eigenvalue weighted by Crippen LogP contribution is 2.19. The molecule has 86 valence electrons. The lowest BCUT2D eigenvalue weighted by Crippen LogP contribution is -2.25. The van der Waals surface area contributed by atoms with Crippen LogP contribution in [0.2, 0.25) is 0 Å². The zero-order valence-electron chi connectivity index (χ0n) is 7.84. The highest BCUT2D eigenvalue weighted by Gasteiger charge is 2.39. The first-order chi connectivity index (χ1) is 7.32. The molecule has 0 atom stereocenters. The van der Waals surface area contributed by atoms with E-state index in [9.17, 15) is 27.2 Å². The van der Waals surface area contributed by atoms with Gasteiger partial charge in [0.15, 0.2) is 5.78 Å². The van der Waals surface area contributed by atoms with E-state index < -0.39 is 35.5 Å². The van der Waals surface area contributed by atoms with Crippen molar-refractivity contribution >= 4 is 11.6 Å². The molecule has 1 rings (SSSR count). The summed E-state index contributed by atoms with van der Waals surface area (Å²) in [5, 5.41) is 0. The van der Waals surface area contributed by atoms with E-state index in [2.05, 4.69) is 0 Å². The molecule has 16 heavy (non-hydrogen) atoms. The van der Waals surface area contributed by atoms with E-state index >= 15 is 0 Å². The van der Waals surface area contributed by atoms with Crippen LogP contribution in [0.25, 0.3) is 0 Å². The minimum absolute atomic E-state index is 0.514. The Bertz CT molecular complexity index is 423. The number of carbonyl (C=O) groups excluding carboxylic acids is 2. The molecule has 0 amide bonds. The maximum atomic E-state index is 13.0. The Labute approximate surface area is 87.9 Å². The van der Waals surface area contributed by atoms with Crippen molar-refractivity contribution in [2.45, 2.75) is 12.6 Å². The third kappa shape index (κ3) is 2.88. The van der Waals surface area contributed by atoms with Crippen molar-refractivity contribution in [2.24, 2.45) is 0 Å². The topological polar surface area (TPSA) is 34.1 Å². The van der Waals surface area contributed by atoms with Crippen molar-refractivity contribution < 1.29 is 27.2 Å². The van der Waals surface area contributed by atoms with Crippen molar-refractivity contribution in [3.05, 3.63) is 35.6 Å². The van der Waals surface area contributed by atoms with Crippen LogP contribution in [0.15, 0.2) is 24.3 Å². The van der Waals surface area contributed by atoms with Gasteiger partial charge in [-0.1, -0.05) is 12.1 Å². The van der Waals surface area contributed by atoms with Crippen LogP contribution in [0, 0.1) is 5.82 Å². The fourth-order valence-electron chi connectivity index (χ4n) is 1.03. The molecule has 0 fully saturated rings. The first kappa shape index (κ1) is 12.4. The van der Waals surface area contributed by atoms with Crippen LogP contribution in [0.1, 0.15) is 16.8 Å². The number of hydrogen-bond acceptors (Lipinski definition) is 2. The van der Waals surface area contributed by atoms with Gasteiger partial charge in [-0.25, -0.2) is 4.39 Å². The van der Waals surface area contributed by atoms with Gasteiger partial charge in [-0.3, -0.25) is 9.59 Å². The minimum Gasteiger partial charge on any atom is -0.294 e. The zero-order chi connectivity index (χ0) is 12.3. The van der Waals surface area contributed by atoms with Gasteiger partial charge < -0.3 is 0 Å². The molecular formula is C10H6F4O2. The summed E-state index contributed by atoms with van der Waals surface area (Å²) in [5.74, 6) is -4.30. The summed E-state index contributed by atoms with van der Waals surface area (Å²) >= 11 is 0. The molecule has 0 saturated heterocycles. The van der Waals surface area contributed by atoms with E-state index in [4.69, 9.17) is 0 Å². The molecule has 0 spiro atoms. The Morgan fingerprint density at radius 2 is 1.69 bits per heavy atom. The molecule has 0 radical (unpaired) electrons. The first-order valence-electron chi connectivity index (χ1n) is 4.20. The molecule has 0 unspecified atom stereocenters. The van der Waals surface area contributed by atoms with E-state index in [-0.39, 0.29) is 0 Å². The number of ketones is 2. The smallest absolute Gasteiger partial charge is 0.294 e. The molecule has 0 aliphatic carbocycles. The van der Waals surface area contributed by atoms with Crippen molar-refractivity contribution in [3.8, 4) is 0 Å². The molecule has 6 heteroatoms. The molecular weight excluding hydrogens is 228 g/mol. The Hall–Kier alpha value is -1.72. The van der Waals surface area contributed by atoms with Gasteiger partial charge in [-0.2, -0.15) is 13.2 Å². The summed E-state index contributed by atoms with van der Waals surface area (Å²) in [6, 6.07) is 4.55. The monoisotopic (exact) mass is 234 g/mol. The predicted octanol–water partition coefficient (Wildman–Crippen LogP) is 2.53. The lowest BCUT2D eigenvalue weighted by atomic mass is 10.1. The molecule has 2 nitrogen and oxygen atoms in total. The standard InChI is InChI=1S/C10H6F4O2/c11-7-4-2-1-3-6(7)8(15)5-9(16)10(12,13)14/h1-4H,5H2. The molecule has 0 bridgehead atoms. The highest BCUT2D eigenvalue weighted by atomic mass is 19.4. The van der Waals surface area contributed by atoms with Crippen LogP contribution in [-0.2, 0) is 4.79 Å². The quantitative estimate of drug-likeness (QED) is 0.457. The van der Waals surface area contributed by atoms with Crippen molar-refractivity contribution in [2.75, 3.05) is 0 Å². The third-order valence-electron chi connectivity index (χ3n) is 1.81. The van der Waals surface area contributed by atoms with Crippen LogP contribution in [-0.4, -0.2) is 17.7 Å². The molecule has 0 saturated carbocycles. The van der Waals surface area contributed by atoms with Gasteiger partial charge in [-0.15, -0.1) is 0 Å². The van der Waals surface area contributed by atoms with Gasteiger partial charge >= 0.3 is 6.18 Å². The molecule has 0 aromatic heterocycles. The van der Waals surface area contributed by atoms with Crippen LogP contribution < -0.4 is 0 Å². The number of rotatable bonds is 3. The van der Waals surface area contributed by atoms with Crippen molar-refractivity contribution in [1.29, 1.82) is 0 Å². The van der Waals surface area contributed by atoms with Crippen molar-refractivity contribution in [3.63, 3.8) is 0 Å². The van der Waals surface area contributed by atoms with Gasteiger partial charge in [0.05, 0.1) is 12.0 Å². The first-order valence-corrected chi connectivity index (χ1v) is 4.20. The lowest BCUT2D eigenvalue weighted by molar-refractivity contribution is -0.170. The highest BCUT2D eigenvalue weighted by molar-refractivity contribution is 6.09. The summed E-state index contributed by atoms with van der Waals surface area (Å²) < 4.78 is 48.5. The van der Waals surface area contributed by atoms with E-state index in [1.165, 1.54) is 12.1 Å². The predicted molar refractivity (Wildman–Crippen MR) is 46.4 cm³/mol. The number of halogens is 4. The van der Waals surface area contributed by atoms with Gasteiger partial charge in [0, 0.05) is 0 Å². The van der Waals surface area contributed by atoms with E-state index in [0.29, 0.717) is 0 Å². The van der Waals surface area contributed by atoms with Crippen LogP contribution in [0.5, 0.6) is 0 Å². The molecule has 0 aliphatic heterocycles. The fraction of sp³-hybridized carbons (Fsp3) is 0.200. The third-order valence-corrected chi connectivity index (χ3v) is 1.81. The Morgan fingerprint density at radius 1 is 1.12 bits per heavy atom. The largest absolute Gasteiger partial charge is 0.450 e. The van der Waals surface area contributed by atoms with Gasteiger partial charge in [-0.05, 0) is 12.1 Å². The van der Waals surface area contributed by atoms with E-state index in [0.717, 1.165) is 12.1 Å². The second-order valence-electron chi connectivity index (χ2n) is 3.00. The molecule has 1 aromatic rings. The summed E-state index contributed by atoms with van der Waals surface area (Å²) in [6.07, 6.45) is -6.44. The number of hydrogen-bond donors (Lipinski definition) is 0. The Balaban J connectivity index is 2.82. The number of alkyl halides is 3. The van der Waals surface area contributed by atoms with Crippen LogP contribution in [0.3, 0.4) is 0 Å². The lowest BCUT2D eigenvalue weighted by Gasteiger charge is -2.04.